The standard InChI is InChI=1S/C20H18N6O/c27-20(16-11-14-7-8-21-12-17(14)23-16)22-15-5-3-13(4-6-15)10-19-25-24-18-2-1-9-26(18)19/h3-8,11-12,23H,1-2,9-10H2,(H,22,27). The molecule has 27 heavy (non-hydrogen) atoms. The van der Waals surface area contributed by atoms with E-state index in [9.17, 15) is 4.79 Å². The van der Waals surface area contributed by atoms with Crippen LogP contribution in [0.3, 0.4) is 0 Å². The number of H-pyrrole nitrogens is 1. The zero-order valence-corrected chi connectivity index (χ0v) is 14.6. The Morgan fingerprint density at radius 3 is 2.93 bits per heavy atom. The third kappa shape index (κ3) is 2.97. The Balaban J connectivity index is 1.29. The first-order valence-electron chi connectivity index (χ1n) is 9.00. The smallest absolute Gasteiger partial charge is 0.272 e. The summed E-state index contributed by atoms with van der Waals surface area (Å²) in [4.78, 5) is 19.6. The van der Waals surface area contributed by atoms with E-state index in [1.807, 2.05) is 36.4 Å². The molecule has 0 unspecified atom stereocenters. The number of aromatic nitrogens is 5. The molecule has 0 atom stereocenters. The van der Waals surface area contributed by atoms with E-state index in [1.54, 1.807) is 12.4 Å². The van der Waals surface area contributed by atoms with Crippen LogP contribution in [0.15, 0.2) is 48.8 Å². The molecule has 134 valence electrons. The molecule has 1 amide bonds. The summed E-state index contributed by atoms with van der Waals surface area (Å²) in [6.45, 7) is 1.01. The molecule has 0 saturated heterocycles. The summed E-state index contributed by atoms with van der Waals surface area (Å²) in [5.74, 6) is 1.92. The zero-order valence-electron chi connectivity index (χ0n) is 14.6. The van der Waals surface area contributed by atoms with Gasteiger partial charge in [-0.1, -0.05) is 12.1 Å². The summed E-state index contributed by atoms with van der Waals surface area (Å²) in [6, 6.07) is 11.6. The first-order chi connectivity index (χ1) is 13.3. The van der Waals surface area contributed by atoms with Gasteiger partial charge in [0.25, 0.3) is 5.91 Å². The molecule has 1 aromatic carbocycles. The normalized spacial score (nSPS) is 13.0. The summed E-state index contributed by atoms with van der Waals surface area (Å²) >= 11 is 0. The van der Waals surface area contributed by atoms with E-state index in [-0.39, 0.29) is 5.91 Å². The molecule has 0 bridgehead atoms. The molecule has 7 nitrogen and oxygen atoms in total. The van der Waals surface area contributed by atoms with Crippen LogP contribution in [0.4, 0.5) is 5.69 Å². The number of nitrogens with one attached hydrogen (secondary N) is 2. The summed E-state index contributed by atoms with van der Waals surface area (Å²) in [7, 11) is 0. The largest absolute Gasteiger partial charge is 0.349 e. The van der Waals surface area contributed by atoms with Gasteiger partial charge in [-0.15, -0.1) is 10.2 Å². The number of carbonyl (C=O) groups excluding carboxylic acids is 1. The van der Waals surface area contributed by atoms with Gasteiger partial charge < -0.3 is 14.9 Å². The van der Waals surface area contributed by atoms with Gasteiger partial charge in [0.05, 0.1) is 11.7 Å². The summed E-state index contributed by atoms with van der Waals surface area (Å²) in [5.41, 5.74) is 3.26. The number of aryl methyl sites for hydroxylation is 1. The molecule has 3 aromatic heterocycles. The summed E-state index contributed by atoms with van der Waals surface area (Å²) in [5, 5.41) is 12.4. The second-order valence-corrected chi connectivity index (χ2v) is 6.76. The number of nitrogens with zero attached hydrogens (tertiary/aromatic N) is 4. The number of hydrogen-bond donors (Lipinski definition) is 2. The SMILES string of the molecule is O=C(Nc1ccc(Cc2nnc3n2CCC3)cc1)c1cc2ccncc2[nH]1. The van der Waals surface area contributed by atoms with Crippen LogP contribution in [-0.2, 0) is 19.4 Å². The van der Waals surface area contributed by atoms with Gasteiger partial charge in [0.2, 0.25) is 0 Å². The monoisotopic (exact) mass is 358 g/mol. The van der Waals surface area contributed by atoms with E-state index in [0.717, 1.165) is 59.6 Å². The lowest BCUT2D eigenvalue weighted by Gasteiger charge is -2.06. The highest BCUT2D eigenvalue weighted by atomic mass is 16.1. The molecule has 4 heterocycles. The van der Waals surface area contributed by atoms with Crippen LogP contribution in [0.1, 0.15) is 34.1 Å². The molecular formula is C20H18N6O. The lowest BCUT2D eigenvalue weighted by Crippen LogP contribution is -2.12. The number of carbonyl (C=O) groups is 1. The highest BCUT2D eigenvalue weighted by Crippen LogP contribution is 2.19. The maximum Gasteiger partial charge on any atom is 0.272 e. The Labute approximate surface area is 155 Å². The van der Waals surface area contributed by atoms with Gasteiger partial charge in [-0.25, -0.2) is 0 Å². The molecule has 5 rings (SSSR count). The molecule has 0 aliphatic carbocycles. The molecule has 0 fully saturated rings. The molecule has 4 aromatic rings. The first-order valence-corrected chi connectivity index (χ1v) is 9.00. The summed E-state index contributed by atoms with van der Waals surface area (Å²) in [6.07, 6.45) is 6.33. The Kier molecular flexibility index (Phi) is 3.71. The van der Waals surface area contributed by atoms with E-state index in [1.165, 1.54) is 0 Å². The van der Waals surface area contributed by atoms with Crippen molar-refractivity contribution in [2.75, 3.05) is 5.32 Å². The first kappa shape index (κ1) is 15.7. The molecule has 1 aliphatic rings. The summed E-state index contributed by atoms with van der Waals surface area (Å²) < 4.78 is 2.21. The van der Waals surface area contributed by atoms with Gasteiger partial charge >= 0.3 is 0 Å². The Morgan fingerprint density at radius 1 is 1.19 bits per heavy atom. The van der Waals surface area contributed by atoms with Crippen molar-refractivity contribution in [3.05, 3.63) is 71.7 Å². The minimum absolute atomic E-state index is 0.172. The third-order valence-corrected chi connectivity index (χ3v) is 4.93. The molecule has 0 saturated carbocycles. The van der Waals surface area contributed by atoms with Crippen LogP contribution >= 0.6 is 0 Å². The van der Waals surface area contributed by atoms with Crippen molar-refractivity contribution in [2.45, 2.75) is 25.8 Å². The predicted octanol–water partition coefficient (Wildman–Crippen LogP) is 2.94. The van der Waals surface area contributed by atoms with E-state index >= 15 is 0 Å². The fraction of sp³-hybridized carbons (Fsp3) is 0.200. The minimum atomic E-state index is -0.172. The van der Waals surface area contributed by atoms with Crippen molar-refractivity contribution >= 4 is 22.5 Å². The molecule has 0 spiro atoms. The number of aromatic amines is 1. The van der Waals surface area contributed by atoms with E-state index in [0.29, 0.717) is 5.69 Å². The average Bonchev–Trinajstić information content (AvgIpc) is 3.39. The third-order valence-electron chi connectivity index (χ3n) is 4.93. The van der Waals surface area contributed by atoms with Crippen molar-refractivity contribution in [1.29, 1.82) is 0 Å². The van der Waals surface area contributed by atoms with Crippen LogP contribution < -0.4 is 5.32 Å². The minimum Gasteiger partial charge on any atom is -0.349 e. The fourth-order valence-corrected chi connectivity index (χ4v) is 3.52. The number of pyridine rings is 1. The van der Waals surface area contributed by atoms with Gasteiger partial charge in [0.15, 0.2) is 0 Å². The number of anilines is 1. The molecule has 0 radical (unpaired) electrons. The van der Waals surface area contributed by atoms with Crippen molar-refractivity contribution in [3.63, 3.8) is 0 Å². The quantitative estimate of drug-likeness (QED) is 0.587. The van der Waals surface area contributed by atoms with Gasteiger partial charge in [0, 0.05) is 36.7 Å². The average molecular weight is 358 g/mol. The Hall–Kier alpha value is -3.48. The molecular weight excluding hydrogens is 340 g/mol. The molecule has 1 aliphatic heterocycles. The second kappa shape index (κ2) is 6.35. The maximum atomic E-state index is 12.5. The van der Waals surface area contributed by atoms with E-state index in [4.69, 9.17) is 0 Å². The number of fused-ring (bicyclic) bond motifs is 2. The van der Waals surface area contributed by atoms with Gasteiger partial charge in [-0.3, -0.25) is 9.78 Å². The fourth-order valence-electron chi connectivity index (χ4n) is 3.52. The topological polar surface area (TPSA) is 88.5 Å². The van der Waals surface area contributed by atoms with Gasteiger partial charge in [-0.05, 0) is 36.2 Å². The van der Waals surface area contributed by atoms with Crippen LogP contribution in [-0.4, -0.2) is 30.6 Å². The highest BCUT2D eigenvalue weighted by molar-refractivity contribution is 6.05. The van der Waals surface area contributed by atoms with E-state index < -0.39 is 0 Å². The highest BCUT2D eigenvalue weighted by Gasteiger charge is 2.17. The van der Waals surface area contributed by atoms with Crippen molar-refractivity contribution in [2.24, 2.45) is 0 Å². The van der Waals surface area contributed by atoms with Crippen molar-refractivity contribution in [3.8, 4) is 0 Å². The number of rotatable bonds is 4. The van der Waals surface area contributed by atoms with Crippen LogP contribution in [0, 0.1) is 0 Å². The van der Waals surface area contributed by atoms with Gasteiger partial charge in [0.1, 0.15) is 17.3 Å². The Bertz CT molecular complexity index is 1090. The van der Waals surface area contributed by atoms with E-state index in [2.05, 4.69) is 30.0 Å². The van der Waals surface area contributed by atoms with Crippen molar-refractivity contribution < 1.29 is 4.79 Å². The Morgan fingerprint density at radius 2 is 2.07 bits per heavy atom. The lowest BCUT2D eigenvalue weighted by molar-refractivity contribution is 0.102. The predicted molar refractivity (Wildman–Crippen MR) is 102 cm³/mol. The van der Waals surface area contributed by atoms with Crippen molar-refractivity contribution in [1.82, 2.24) is 24.7 Å². The van der Waals surface area contributed by atoms with Crippen LogP contribution in [0.2, 0.25) is 0 Å². The number of benzene rings is 1. The molecule has 7 heteroatoms. The zero-order chi connectivity index (χ0) is 18.2. The van der Waals surface area contributed by atoms with Crippen LogP contribution in [0.5, 0.6) is 0 Å². The number of amides is 1. The second-order valence-electron chi connectivity index (χ2n) is 6.76. The number of hydrogen-bond acceptors (Lipinski definition) is 4. The van der Waals surface area contributed by atoms with Gasteiger partial charge in [-0.2, -0.15) is 0 Å². The molecule has 2 N–H and O–H groups in total. The van der Waals surface area contributed by atoms with Crippen LogP contribution in [0.25, 0.3) is 10.9 Å². The maximum absolute atomic E-state index is 12.5. The lowest BCUT2D eigenvalue weighted by atomic mass is 10.1.